The molecule has 1 aromatic rings. The molecule has 0 fully saturated rings. The standard InChI is InChI=1S/C21H34N2O2/c1-5-7-20(16-19-9-11-21(24)12-10-19)17-23(3)14-6-8-18(2)22-13-15-25-4/h5,9-12,20,22,24H,1-2,6-8,13-17H2,3-4H3. The Bertz CT molecular complexity index is 499. The number of rotatable bonds is 14. The third kappa shape index (κ3) is 9.95. The van der Waals surface area contributed by atoms with Crippen molar-refractivity contribution in [1.82, 2.24) is 10.2 Å². The predicted octanol–water partition coefficient (Wildman–Crippen LogP) is 3.59. The number of methoxy groups -OCH3 is 1. The summed E-state index contributed by atoms with van der Waals surface area (Å²) in [7, 11) is 3.88. The summed E-state index contributed by atoms with van der Waals surface area (Å²) in [5, 5.41) is 12.7. The van der Waals surface area contributed by atoms with Gasteiger partial charge in [0, 0.05) is 25.9 Å². The minimum absolute atomic E-state index is 0.320. The van der Waals surface area contributed by atoms with E-state index in [1.54, 1.807) is 19.2 Å². The zero-order valence-corrected chi connectivity index (χ0v) is 15.8. The monoisotopic (exact) mass is 346 g/mol. The lowest BCUT2D eigenvalue weighted by Crippen LogP contribution is -2.28. The molecule has 0 aromatic heterocycles. The van der Waals surface area contributed by atoms with Gasteiger partial charge in [-0.2, -0.15) is 0 Å². The fraction of sp³-hybridized carbons (Fsp3) is 0.524. The van der Waals surface area contributed by atoms with E-state index in [2.05, 4.69) is 30.4 Å². The van der Waals surface area contributed by atoms with Crippen LogP contribution < -0.4 is 5.32 Å². The Hall–Kier alpha value is -1.78. The van der Waals surface area contributed by atoms with E-state index in [-0.39, 0.29) is 0 Å². The normalized spacial score (nSPS) is 12.1. The van der Waals surface area contributed by atoms with Crippen LogP contribution in [0.1, 0.15) is 24.8 Å². The first-order chi connectivity index (χ1) is 12.0. The smallest absolute Gasteiger partial charge is 0.115 e. The molecule has 1 rings (SSSR count). The van der Waals surface area contributed by atoms with Gasteiger partial charge in [-0.25, -0.2) is 0 Å². The summed E-state index contributed by atoms with van der Waals surface area (Å²) < 4.78 is 5.02. The first-order valence-corrected chi connectivity index (χ1v) is 9.03. The number of allylic oxidation sites excluding steroid dienone is 2. The third-order valence-corrected chi connectivity index (χ3v) is 4.23. The number of nitrogens with zero attached hydrogens (tertiary/aromatic N) is 1. The first-order valence-electron chi connectivity index (χ1n) is 9.03. The fourth-order valence-electron chi connectivity index (χ4n) is 2.94. The predicted molar refractivity (Wildman–Crippen MR) is 106 cm³/mol. The molecule has 2 N–H and O–H groups in total. The maximum atomic E-state index is 9.41. The van der Waals surface area contributed by atoms with Crippen LogP contribution in [0.3, 0.4) is 0 Å². The average Bonchev–Trinajstić information content (AvgIpc) is 2.57. The van der Waals surface area contributed by atoms with Crippen LogP contribution in [0, 0.1) is 5.92 Å². The molecule has 4 heteroatoms. The number of nitrogens with one attached hydrogen (secondary N) is 1. The Morgan fingerprint density at radius 3 is 2.72 bits per heavy atom. The lowest BCUT2D eigenvalue weighted by atomic mass is 9.95. The largest absolute Gasteiger partial charge is 0.508 e. The highest BCUT2D eigenvalue weighted by atomic mass is 16.5. The number of ether oxygens (including phenoxy) is 1. The summed E-state index contributed by atoms with van der Waals surface area (Å²) in [5.41, 5.74) is 2.34. The summed E-state index contributed by atoms with van der Waals surface area (Å²) in [5.74, 6) is 0.857. The van der Waals surface area contributed by atoms with Gasteiger partial charge in [-0.05, 0) is 62.9 Å². The van der Waals surface area contributed by atoms with E-state index in [0.29, 0.717) is 18.3 Å². The number of hydrogen-bond acceptors (Lipinski definition) is 4. The van der Waals surface area contributed by atoms with Crippen molar-refractivity contribution in [3.8, 4) is 5.75 Å². The zero-order chi connectivity index (χ0) is 18.5. The molecule has 1 atom stereocenters. The van der Waals surface area contributed by atoms with E-state index in [0.717, 1.165) is 51.0 Å². The van der Waals surface area contributed by atoms with E-state index >= 15 is 0 Å². The molecule has 0 aliphatic rings. The van der Waals surface area contributed by atoms with Crippen LogP contribution in [0.25, 0.3) is 0 Å². The molecule has 1 aromatic carbocycles. The number of phenols is 1. The molecule has 0 amide bonds. The fourth-order valence-corrected chi connectivity index (χ4v) is 2.94. The van der Waals surface area contributed by atoms with Crippen molar-refractivity contribution in [1.29, 1.82) is 0 Å². The summed E-state index contributed by atoms with van der Waals surface area (Å²) in [4.78, 5) is 2.39. The highest BCUT2D eigenvalue weighted by molar-refractivity contribution is 5.26. The first kappa shape index (κ1) is 21.3. The molecule has 0 aliphatic carbocycles. The van der Waals surface area contributed by atoms with Gasteiger partial charge in [-0.15, -0.1) is 6.58 Å². The van der Waals surface area contributed by atoms with Crippen LogP contribution in [0.2, 0.25) is 0 Å². The number of benzene rings is 1. The van der Waals surface area contributed by atoms with Crippen LogP contribution >= 0.6 is 0 Å². The van der Waals surface area contributed by atoms with Crippen molar-refractivity contribution in [2.75, 3.05) is 40.4 Å². The Morgan fingerprint density at radius 2 is 2.08 bits per heavy atom. The molecular weight excluding hydrogens is 312 g/mol. The zero-order valence-electron chi connectivity index (χ0n) is 15.8. The van der Waals surface area contributed by atoms with E-state index < -0.39 is 0 Å². The van der Waals surface area contributed by atoms with Crippen molar-refractivity contribution in [2.45, 2.75) is 25.7 Å². The molecule has 0 radical (unpaired) electrons. The van der Waals surface area contributed by atoms with Crippen molar-refractivity contribution in [3.63, 3.8) is 0 Å². The van der Waals surface area contributed by atoms with Gasteiger partial charge in [0.05, 0.1) is 6.61 Å². The second-order valence-electron chi connectivity index (χ2n) is 6.65. The highest BCUT2D eigenvalue weighted by Gasteiger charge is 2.11. The quantitative estimate of drug-likeness (QED) is 0.399. The van der Waals surface area contributed by atoms with Crippen LogP contribution in [0.5, 0.6) is 5.75 Å². The van der Waals surface area contributed by atoms with Crippen LogP contribution in [0.15, 0.2) is 49.2 Å². The lowest BCUT2D eigenvalue weighted by Gasteiger charge is -2.23. The molecule has 140 valence electrons. The minimum atomic E-state index is 0.320. The minimum Gasteiger partial charge on any atom is -0.508 e. The highest BCUT2D eigenvalue weighted by Crippen LogP contribution is 2.17. The lowest BCUT2D eigenvalue weighted by molar-refractivity contribution is 0.201. The summed E-state index contributed by atoms with van der Waals surface area (Å²) in [6.45, 7) is 11.6. The van der Waals surface area contributed by atoms with Crippen LogP contribution in [-0.4, -0.2) is 50.4 Å². The molecule has 0 bridgehead atoms. The second-order valence-corrected chi connectivity index (χ2v) is 6.65. The van der Waals surface area contributed by atoms with Crippen LogP contribution in [-0.2, 0) is 11.2 Å². The topological polar surface area (TPSA) is 44.7 Å². The van der Waals surface area contributed by atoms with Gasteiger partial charge < -0.3 is 20.1 Å². The maximum absolute atomic E-state index is 9.41. The summed E-state index contributed by atoms with van der Waals surface area (Å²) >= 11 is 0. The van der Waals surface area contributed by atoms with Gasteiger partial charge >= 0.3 is 0 Å². The Morgan fingerprint density at radius 1 is 1.36 bits per heavy atom. The Balaban J connectivity index is 2.32. The molecule has 0 spiro atoms. The molecule has 4 nitrogen and oxygen atoms in total. The molecule has 0 saturated carbocycles. The van der Waals surface area contributed by atoms with Crippen molar-refractivity contribution < 1.29 is 9.84 Å². The Labute approximate surface area is 153 Å². The second kappa shape index (κ2) is 12.6. The molecular formula is C21H34N2O2. The van der Waals surface area contributed by atoms with Gasteiger partial charge in [-0.1, -0.05) is 24.8 Å². The molecule has 25 heavy (non-hydrogen) atoms. The van der Waals surface area contributed by atoms with Crippen molar-refractivity contribution in [2.24, 2.45) is 5.92 Å². The number of phenolic OH excluding ortho intramolecular Hbond substituents is 1. The van der Waals surface area contributed by atoms with E-state index in [1.807, 2.05) is 18.2 Å². The van der Waals surface area contributed by atoms with Gasteiger partial charge in [0.25, 0.3) is 0 Å². The van der Waals surface area contributed by atoms with Gasteiger partial charge in [0.1, 0.15) is 5.75 Å². The molecule has 1 unspecified atom stereocenters. The van der Waals surface area contributed by atoms with E-state index in [9.17, 15) is 5.11 Å². The molecule has 0 saturated heterocycles. The SMILES string of the molecule is C=CCC(Cc1ccc(O)cc1)CN(C)CCCC(=C)NCCOC. The number of hydrogen-bond donors (Lipinski definition) is 2. The Kier molecular flexibility index (Phi) is 10.7. The van der Waals surface area contributed by atoms with Gasteiger partial charge in [-0.3, -0.25) is 0 Å². The maximum Gasteiger partial charge on any atom is 0.115 e. The molecule has 0 aliphatic heterocycles. The average molecular weight is 347 g/mol. The van der Waals surface area contributed by atoms with Gasteiger partial charge in [0.15, 0.2) is 0 Å². The number of aromatic hydroxyl groups is 1. The third-order valence-electron chi connectivity index (χ3n) is 4.23. The van der Waals surface area contributed by atoms with Crippen molar-refractivity contribution >= 4 is 0 Å². The van der Waals surface area contributed by atoms with E-state index in [4.69, 9.17) is 4.74 Å². The molecule has 0 heterocycles. The van der Waals surface area contributed by atoms with Crippen LogP contribution in [0.4, 0.5) is 0 Å². The van der Waals surface area contributed by atoms with Crippen molar-refractivity contribution in [3.05, 3.63) is 54.8 Å². The summed E-state index contributed by atoms with van der Waals surface area (Å²) in [6.07, 6.45) is 6.08. The summed E-state index contributed by atoms with van der Waals surface area (Å²) in [6, 6.07) is 7.51. The van der Waals surface area contributed by atoms with Gasteiger partial charge in [0.2, 0.25) is 0 Å². The van der Waals surface area contributed by atoms with E-state index in [1.165, 1.54) is 5.56 Å².